The molecule has 228 valence electrons. The van der Waals surface area contributed by atoms with Crippen LogP contribution in [0.15, 0.2) is 97.2 Å². The van der Waals surface area contributed by atoms with Crippen LogP contribution < -0.4 is 26.4 Å². The van der Waals surface area contributed by atoms with Gasteiger partial charge in [0.15, 0.2) is 0 Å². The van der Waals surface area contributed by atoms with Crippen LogP contribution in [0.3, 0.4) is 0 Å². The minimum Gasteiger partial charge on any atom is -0.494 e. The van der Waals surface area contributed by atoms with Gasteiger partial charge in [0.05, 0.1) is 12.5 Å². The average Bonchev–Trinajstić information content (AvgIpc) is 3.05. The first kappa shape index (κ1) is 31.9. The molecule has 0 aliphatic carbocycles. The number of benzene rings is 3. The van der Waals surface area contributed by atoms with E-state index in [9.17, 15) is 14.4 Å². The summed E-state index contributed by atoms with van der Waals surface area (Å²) >= 11 is 0. The quantitative estimate of drug-likeness (QED) is 0.176. The number of aryl methyl sites for hydroxylation is 1. The molecule has 44 heavy (non-hydrogen) atoms. The SMILES string of the molecule is CCOc1ccc([C@H](CNC(=O)c2ccc(C)cc2)C(=O)N[C@@H](Cc2ccccn2)C(=O)NCc2ccc(CN)cc2)cc1. The predicted molar refractivity (Wildman–Crippen MR) is 170 cm³/mol. The summed E-state index contributed by atoms with van der Waals surface area (Å²) in [5.74, 6) is -1.14. The Bertz CT molecular complexity index is 1510. The topological polar surface area (TPSA) is 135 Å². The van der Waals surface area contributed by atoms with E-state index in [4.69, 9.17) is 10.5 Å². The molecule has 5 N–H and O–H groups in total. The van der Waals surface area contributed by atoms with Gasteiger partial charge in [-0.1, -0.05) is 60.2 Å². The maximum Gasteiger partial charge on any atom is 0.251 e. The highest BCUT2D eigenvalue weighted by Crippen LogP contribution is 2.21. The van der Waals surface area contributed by atoms with Gasteiger partial charge in [-0.15, -0.1) is 0 Å². The number of nitrogens with zero attached hydrogens (tertiary/aromatic N) is 1. The maximum absolute atomic E-state index is 13.9. The lowest BCUT2D eigenvalue weighted by atomic mass is 9.96. The molecule has 9 heteroatoms. The number of ether oxygens (including phenoxy) is 1. The number of hydrogen-bond donors (Lipinski definition) is 4. The Morgan fingerprint density at radius 3 is 2.18 bits per heavy atom. The van der Waals surface area contributed by atoms with Crippen LogP contribution in [-0.2, 0) is 29.1 Å². The fraction of sp³-hybridized carbons (Fsp3) is 0.257. The highest BCUT2D eigenvalue weighted by Gasteiger charge is 2.28. The minimum absolute atomic E-state index is 0.0257. The number of nitrogens with two attached hydrogens (primary N) is 1. The summed E-state index contributed by atoms with van der Waals surface area (Å²) in [6, 6.07) is 26.6. The molecule has 4 aromatic rings. The Balaban J connectivity index is 1.53. The summed E-state index contributed by atoms with van der Waals surface area (Å²) in [6.07, 6.45) is 1.84. The molecule has 0 saturated carbocycles. The number of hydrogen-bond acceptors (Lipinski definition) is 6. The van der Waals surface area contributed by atoms with Crippen molar-refractivity contribution in [2.24, 2.45) is 5.73 Å². The van der Waals surface area contributed by atoms with Crippen LogP contribution in [0.2, 0.25) is 0 Å². The highest BCUT2D eigenvalue weighted by atomic mass is 16.5. The minimum atomic E-state index is -0.904. The van der Waals surface area contributed by atoms with Crippen molar-refractivity contribution in [2.75, 3.05) is 13.2 Å². The van der Waals surface area contributed by atoms with Crippen LogP contribution in [0.5, 0.6) is 5.75 Å². The van der Waals surface area contributed by atoms with Gasteiger partial charge in [-0.2, -0.15) is 0 Å². The second-order valence-electron chi connectivity index (χ2n) is 10.5. The molecule has 0 bridgehead atoms. The van der Waals surface area contributed by atoms with E-state index in [2.05, 4.69) is 20.9 Å². The second kappa shape index (κ2) is 16.0. The molecule has 2 atom stereocenters. The monoisotopic (exact) mass is 593 g/mol. The molecular formula is C35H39N5O4. The average molecular weight is 594 g/mol. The van der Waals surface area contributed by atoms with Crippen molar-refractivity contribution in [3.63, 3.8) is 0 Å². The molecule has 0 aliphatic rings. The normalized spacial score (nSPS) is 12.1. The summed E-state index contributed by atoms with van der Waals surface area (Å²) in [5, 5.41) is 8.77. The third-order valence-electron chi connectivity index (χ3n) is 7.19. The third kappa shape index (κ3) is 9.24. The summed E-state index contributed by atoms with van der Waals surface area (Å²) in [4.78, 5) is 44.7. The highest BCUT2D eigenvalue weighted by molar-refractivity contribution is 5.95. The Morgan fingerprint density at radius 1 is 0.841 bits per heavy atom. The predicted octanol–water partition coefficient (Wildman–Crippen LogP) is 3.80. The van der Waals surface area contributed by atoms with E-state index in [-0.39, 0.29) is 31.3 Å². The Labute approximate surface area is 258 Å². The smallest absolute Gasteiger partial charge is 0.251 e. The Hall–Kier alpha value is -5.02. The molecule has 0 saturated heterocycles. The van der Waals surface area contributed by atoms with Gasteiger partial charge in [0, 0.05) is 43.5 Å². The van der Waals surface area contributed by atoms with Crippen molar-refractivity contribution < 1.29 is 19.1 Å². The summed E-state index contributed by atoms with van der Waals surface area (Å²) < 4.78 is 5.57. The fourth-order valence-electron chi connectivity index (χ4n) is 4.64. The van der Waals surface area contributed by atoms with E-state index in [0.29, 0.717) is 35.7 Å². The van der Waals surface area contributed by atoms with Crippen LogP contribution in [0.4, 0.5) is 0 Å². The van der Waals surface area contributed by atoms with E-state index in [1.807, 2.05) is 62.4 Å². The van der Waals surface area contributed by atoms with Crippen molar-refractivity contribution in [3.05, 3.63) is 131 Å². The molecule has 3 aromatic carbocycles. The number of amides is 3. The molecule has 0 aliphatic heterocycles. The van der Waals surface area contributed by atoms with Crippen molar-refractivity contribution in [1.29, 1.82) is 0 Å². The first-order valence-electron chi connectivity index (χ1n) is 14.7. The van der Waals surface area contributed by atoms with Crippen molar-refractivity contribution in [3.8, 4) is 5.75 Å². The van der Waals surface area contributed by atoms with Crippen molar-refractivity contribution in [1.82, 2.24) is 20.9 Å². The summed E-state index contributed by atoms with van der Waals surface area (Å²) in [7, 11) is 0. The van der Waals surface area contributed by atoms with Crippen LogP contribution in [-0.4, -0.2) is 41.9 Å². The maximum atomic E-state index is 13.9. The first-order valence-corrected chi connectivity index (χ1v) is 14.7. The molecule has 3 amide bonds. The molecule has 0 spiro atoms. The standard InChI is InChI=1S/C35H39N5O4/c1-3-44-30-17-15-27(16-18-30)31(23-39-33(41)28-13-7-24(2)8-14-28)34(42)40-32(20-29-6-4-5-19-37-29)35(43)38-22-26-11-9-25(21-36)10-12-26/h4-19,31-32H,3,20-23,36H2,1-2H3,(H,38,43)(H,39,41)(H,40,42)/t31-,32-/m0/s1. The van der Waals surface area contributed by atoms with Crippen LogP contribution in [0.1, 0.15) is 51.1 Å². The number of pyridine rings is 1. The lowest BCUT2D eigenvalue weighted by Gasteiger charge is -2.23. The van der Waals surface area contributed by atoms with Gasteiger partial charge in [-0.05, 0) is 66.9 Å². The molecule has 9 nitrogen and oxygen atoms in total. The molecule has 0 radical (unpaired) electrons. The van der Waals surface area contributed by atoms with Gasteiger partial charge >= 0.3 is 0 Å². The number of carbonyl (C=O) groups is 3. The molecule has 1 aromatic heterocycles. The third-order valence-corrected chi connectivity index (χ3v) is 7.19. The zero-order valence-electron chi connectivity index (χ0n) is 25.1. The molecule has 1 heterocycles. The van der Waals surface area contributed by atoms with Gasteiger partial charge in [0.2, 0.25) is 11.8 Å². The molecular weight excluding hydrogens is 554 g/mol. The number of nitrogens with one attached hydrogen (secondary N) is 3. The van der Waals surface area contributed by atoms with Gasteiger partial charge < -0.3 is 26.4 Å². The van der Waals surface area contributed by atoms with E-state index in [1.54, 1.807) is 48.7 Å². The van der Waals surface area contributed by atoms with E-state index in [0.717, 1.165) is 16.7 Å². The number of rotatable bonds is 14. The van der Waals surface area contributed by atoms with E-state index >= 15 is 0 Å². The second-order valence-corrected chi connectivity index (χ2v) is 10.5. The van der Waals surface area contributed by atoms with Gasteiger partial charge in [-0.3, -0.25) is 19.4 Å². The largest absolute Gasteiger partial charge is 0.494 e. The summed E-state index contributed by atoms with van der Waals surface area (Å²) in [6.45, 7) is 5.10. The first-order chi connectivity index (χ1) is 21.4. The zero-order valence-corrected chi connectivity index (χ0v) is 25.1. The van der Waals surface area contributed by atoms with Crippen molar-refractivity contribution in [2.45, 2.75) is 45.3 Å². The van der Waals surface area contributed by atoms with Crippen molar-refractivity contribution >= 4 is 17.7 Å². The van der Waals surface area contributed by atoms with Crippen LogP contribution >= 0.6 is 0 Å². The van der Waals surface area contributed by atoms with Gasteiger partial charge in [0.25, 0.3) is 5.91 Å². The molecule has 4 rings (SSSR count). The van der Waals surface area contributed by atoms with Crippen LogP contribution in [0, 0.1) is 6.92 Å². The fourth-order valence-corrected chi connectivity index (χ4v) is 4.64. The number of aromatic nitrogens is 1. The van der Waals surface area contributed by atoms with E-state index in [1.165, 1.54) is 0 Å². The lowest BCUT2D eigenvalue weighted by molar-refractivity contribution is -0.129. The number of carbonyl (C=O) groups excluding carboxylic acids is 3. The zero-order chi connectivity index (χ0) is 31.3. The molecule has 0 fully saturated rings. The lowest BCUT2D eigenvalue weighted by Crippen LogP contribution is -2.50. The Kier molecular flexibility index (Phi) is 11.6. The summed E-state index contributed by atoms with van der Waals surface area (Å²) in [5.41, 5.74) is 10.5. The van der Waals surface area contributed by atoms with E-state index < -0.39 is 17.9 Å². The van der Waals surface area contributed by atoms with Gasteiger partial charge in [-0.25, -0.2) is 0 Å². The Morgan fingerprint density at radius 2 is 1.55 bits per heavy atom. The van der Waals surface area contributed by atoms with Gasteiger partial charge in [0.1, 0.15) is 11.8 Å². The van der Waals surface area contributed by atoms with Crippen LogP contribution in [0.25, 0.3) is 0 Å². The molecule has 0 unspecified atom stereocenters.